The summed E-state index contributed by atoms with van der Waals surface area (Å²) in [5, 5.41) is 2.26. The summed E-state index contributed by atoms with van der Waals surface area (Å²) >= 11 is 8.70. The fourth-order valence-electron chi connectivity index (χ4n) is 1.49. The average Bonchev–Trinajstić information content (AvgIpc) is 2.43. The van der Waals surface area contributed by atoms with Crippen molar-refractivity contribution in [2.24, 2.45) is 0 Å². The molecule has 3 nitrogen and oxygen atoms in total. The maximum Gasteiger partial charge on any atom is 0.262 e. The van der Waals surface area contributed by atoms with E-state index in [2.05, 4.69) is 21.2 Å². The highest BCUT2D eigenvalue weighted by Gasteiger charge is 2.09. The van der Waals surface area contributed by atoms with Gasteiger partial charge in [-0.3, -0.25) is 4.79 Å². The summed E-state index contributed by atoms with van der Waals surface area (Å²) in [4.78, 5) is 11.7. The van der Waals surface area contributed by atoms with E-state index in [0.29, 0.717) is 4.47 Å². The van der Waals surface area contributed by atoms with Gasteiger partial charge in [0, 0.05) is 10.5 Å². The van der Waals surface area contributed by atoms with Gasteiger partial charge in [0.2, 0.25) is 0 Å². The highest BCUT2D eigenvalue weighted by molar-refractivity contribution is 9.10. The maximum absolute atomic E-state index is 13.5. The Bertz CT molecular complexity index is 682. The standard InChI is InChI=1S/C14H9BrClF2NO2/c15-8-1-4-13(12(18)5-8)19-14(20)7-21-9-2-3-11(17)10(16)6-9/h1-6H,7H2,(H,19,20). The Kier molecular flexibility index (Phi) is 5.14. The topological polar surface area (TPSA) is 38.3 Å². The molecular formula is C14H9BrClF2NO2. The summed E-state index contributed by atoms with van der Waals surface area (Å²) in [6.45, 7) is -0.350. The third kappa shape index (κ3) is 4.41. The second-order valence-electron chi connectivity index (χ2n) is 4.04. The van der Waals surface area contributed by atoms with E-state index in [-0.39, 0.29) is 23.1 Å². The van der Waals surface area contributed by atoms with Crippen LogP contribution >= 0.6 is 27.5 Å². The van der Waals surface area contributed by atoms with Gasteiger partial charge in [-0.05, 0) is 30.3 Å². The molecule has 0 fully saturated rings. The number of halogens is 4. The van der Waals surface area contributed by atoms with E-state index >= 15 is 0 Å². The molecule has 0 bridgehead atoms. The Morgan fingerprint density at radius 1 is 1.19 bits per heavy atom. The Morgan fingerprint density at radius 2 is 1.95 bits per heavy atom. The molecule has 7 heteroatoms. The summed E-state index contributed by atoms with van der Waals surface area (Å²) in [7, 11) is 0. The lowest BCUT2D eigenvalue weighted by molar-refractivity contribution is -0.118. The highest BCUT2D eigenvalue weighted by atomic mass is 79.9. The van der Waals surface area contributed by atoms with Gasteiger partial charge in [-0.1, -0.05) is 27.5 Å². The third-order valence-corrected chi connectivity index (χ3v) is 3.25. The van der Waals surface area contributed by atoms with E-state index in [0.717, 1.165) is 6.07 Å². The molecule has 110 valence electrons. The molecular weight excluding hydrogens is 368 g/mol. The van der Waals surface area contributed by atoms with Crippen LogP contribution in [0, 0.1) is 11.6 Å². The Balaban J connectivity index is 1.94. The van der Waals surface area contributed by atoms with Gasteiger partial charge in [0.05, 0.1) is 10.7 Å². The Hall–Kier alpha value is -1.66. The van der Waals surface area contributed by atoms with E-state index in [1.54, 1.807) is 6.07 Å². The van der Waals surface area contributed by atoms with Gasteiger partial charge in [0.25, 0.3) is 5.91 Å². The van der Waals surface area contributed by atoms with Gasteiger partial charge >= 0.3 is 0 Å². The maximum atomic E-state index is 13.5. The van der Waals surface area contributed by atoms with Crippen molar-refractivity contribution in [2.45, 2.75) is 0 Å². The van der Waals surface area contributed by atoms with Gasteiger partial charge in [-0.25, -0.2) is 8.78 Å². The van der Waals surface area contributed by atoms with Crippen molar-refractivity contribution in [3.63, 3.8) is 0 Å². The summed E-state index contributed by atoms with van der Waals surface area (Å²) in [5.41, 5.74) is 0.0453. The molecule has 0 heterocycles. The second kappa shape index (κ2) is 6.87. The molecule has 2 aromatic carbocycles. The third-order valence-electron chi connectivity index (χ3n) is 2.47. The monoisotopic (exact) mass is 375 g/mol. The van der Waals surface area contributed by atoms with Gasteiger partial charge < -0.3 is 10.1 Å². The summed E-state index contributed by atoms with van der Waals surface area (Å²) in [6.07, 6.45) is 0. The van der Waals surface area contributed by atoms with E-state index in [1.807, 2.05) is 0 Å². The number of ether oxygens (including phenoxy) is 1. The van der Waals surface area contributed by atoms with Crippen LogP contribution in [0.3, 0.4) is 0 Å². The molecule has 0 spiro atoms. The summed E-state index contributed by atoms with van der Waals surface area (Å²) < 4.78 is 32.2. The van der Waals surface area contributed by atoms with Crippen molar-refractivity contribution in [3.8, 4) is 5.75 Å². The van der Waals surface area contributed by atoms with Crippen LogP contribution < -0.4 is 10.1 Å². The van der Waals surface area contributed by atoms with Crippen molar-refractivity contribution in [3.05, 3.63) is 57.5 Å². The SMILES string of the molecule is O=C(COc1ccc(F)c(Cl)c1)Nc1ccc(Br)cc1F. The zero-order valence-electron chi connectivity index (χ0n) is 10.5. The minimum absolute atomic E-state index is 0.0453. The molecule has 0 atom stereocenters. The van der Waals surface area contributed by atoms with Crippen LogP contribution in [-0.4, -0.2) is 12.5 Å². The predicted molar refractivity (Wildman–Crippen MR) is 79.6 cm³/mol. The lowest BCUT2D eigenvalue weighted by Crippen LogP contribution is -2.20. The molecule has 0 unspecified atom stereocenters. The lowest BCUT2D eigenvalue weighted by Gasteiger charge is -2.09. The van der Waals surface area contributed by atoms with E-state index in [4.69, 9.17) is 16.3 Å². The number of carbonyl (C=O) groups excluding carboxylic acids is 1. The van der Waals surface area contributed by atoms with Crippen molar-refractivity contribution in [1.82, 2.24) is 0 Å². The molecule has 0 saturated heterocycles. The average molecular weight is 377 g/mol. The number of anilines is 1. The molecule has 2 rings (SSSR count). The van der Waals surface area contributed by atoms with Crippen LogP contribution in [0.1, 0.15) is 0 Å². The molecule has 1 N–H and O–H groups in total. The first kappa shape index (κ1) is 15.7. The van der Waals surface area contributed by atoms with E-state index < -0.39 is 17.5 Å². The van der Waals surface area contributed by atoms with Crippen LogP contribution in [0.2, 0.25) is 5.02 Å². The van der Waals surface area contributed by atoms with E-state index in [9.17, 15) is 13.6 Å². The number of hydrogen-bond acceptors (Lipinski definition) is 2. The predicted octanol–water partition coefficient (Wildman–Crippen LogP) is 4.40. The molecule has 0 aliphatic rings. The first-order valence-corrected chi connectivity index (χ1v) is 6.95. The molecule has 0 aliphatic carbocycles. The molecule has 2 aromatic rings. The van der Waals surface area contributed by atoms with Crippen LogP contribution in [-0.2, 0) is 4.79 Å². The Labute approximate surface area is 133 Å². The van der Waals surface area contributed by atoms with Crippen molar-refractivity contribution in [1.29, 1.82) is 0 Å². The van der Waals surface area contributed by atoms with Gasteiger partial charge in [0.15, 0.2) is 6.61 Å². The van der Waals surface area contributed by atoms with Crippen LogP contribution in [0.15, 0.2) is 40.9 Å². The van der Waals surface area contributed by atoms with Gasteiger partial charge in [0.1, 0.15) is 17.4 Å². The molecule has 0 radical (unpaired) electrons. The smallest absolute Gasteiger partial charge is 0.262 e. The number of amides is 1. The number of nitrogens with one attached hydrogen (secondary N) is 1. The first-order chi connectivity index (χ1) is 9.95. The van der Waals surface area contributed by atoms with E-state index in [1.165, 1.54) is 24.3 Å². The second-order valence-corrected chi connectivity index (χ2v) is 5.36. The number of rotatable bonds is 4. The normalized spacial score (nSPS) is 10.3. The quantitative estimate of drug-likeness (QED) is 0.859. The van der Waals surface area contributed by atoms with Crippen molar-refractivity contribution in [2.75, 3.05) is 11.9 Å². The highest BCUT2D eigenvalue weighted by Crippen LogP contribution is 2.21. The van der Waals surface area contributed by atoms with Crippen LogP contribution in [0.4, 0.5) is 14.5 Å². The fraction of sp³-hybridized carbons (Fsp3) is 0.0714. The molecule has 0 aromatic heterocycles. The van der Waals surface area contributed by atoms with Crippen LogP contribution in [0.5, 0.6) is 5.75 Å². The first-order valence-electron chi connectivity index (χ1n) is 5.78. The molecule has 0 aliphatic heterocycles. The van der Waals surface area contributed by atoms with Crippen LogP contribution in [0.25, 0.3) is 0 Å². The summed E-state index contributed by atoms with van der Waals surface area (Å²) in [6, 6.07) is 7.98. The van der Waals surface area contributed by atoms with Gasteiger partial charge in [-0.2, -0.15) is 0 Å². The largest absolute Gasteiger partial charge is 0.484 e. The molecule has 21 heavy (non-hydrogen) atoms. The zero-order valence-corrected chi connectivity index (χ0v) is 12.8. The fourth-order valence-corrected chi connectivity index (χ4v) is 2.00. The molecule has 1 amide bonds. The zero-order chi connectivity index (χ0) is 15.4. The number of benzene rings is 2. The van der Waals surface area contributed by atoms with Gasteiger partial charge in [-0.15, -0.1) is 0 Å². The number of carbonyl (C=O) groups is 1. The minimum Gasteiger partial charge on any atom is -0.484 e. The molecule has 0 saturated carbocycles. The van der Waals surface area contributed by atoms with Crippen molar-refractivity contribution >= 4 is 39.1 Å². The number of hydrogen-bond donors (Lipinski definition) is 1. The lowest BCUT2D eigenvalue weighted by atomic mass is 10.3. The van der Waals surface area contributed by atoms with Crippen molar-refractivity contribution < 1.29 is 18.3 Å². The summed E-state index contributed by atoms with van der Waals surface area (Å²) in [5.74, 6) is -1.45. The minimum atomic E-state index is -0.578. The Morgan fingerprint density at radius 3 is 2.62 bits per heavy atom.